The first-order valence-electron chi connectivity index (χ1n) is 9.77. The van der Waals surface area contributed by atoms with Crippen molar-refractivity contribution >= 4 is 23.3 Å². The van der Waals surface area contributed by atoms with Crippen LogP contribution < -0.4 is 5.32 Å². The van der Waals surface area contributed by atoms with Gasteiger partial charge in [-0.05, 0) is 49.1 Å². The van der Waals surface area contributed by atoms with E-state index in [4.69, 9.17) is 16.9 Å². The van der Waals surface area contributed by atoms with E-state index in [-0.39, 0.29) is 18.1 Å². The molecule has 3 heterocycles. The number of nitrogens with zero attached hydrogens (tertiary/aromatic N) is 4. The Morgan fingerprint density at radius 2 is 1.90 bits per heavy atom. The number of aromatic nitrogens is 3. The molecule has 8 heteroatoms. The number of carbonyl (C=O) groups is 2. The smallest absolute Gasteiger partial charge is 0.253 e. The van der Waals surface area contributed by atoms with Crippen LogP contribution >= 0.6 is 11.6 Å². The molecular weight excluding hydrogens is 414 g/mol. The number of hydrogen-bond acceptors (Lipinski definition) is 6. The Balaban J connectivity index is 1.47. The number of ketones is 1. The monoisotopic (exact) mass is 431 g/mol. The van der Waals surface area contributed by atoms with Gasteiger partial charge in [-0.2, -0.15) is 5.26 Å². The first-order chi connectivity index (χ1) is 15.0. The van der Waals surface area contributed by atoms with E-state index in [1.54, 1.807) is 18.3 Å². The molecule has 3 aromatic rings. The van der Waals surface area contributed by atoms with Gasteiger partial charge >= 0.3 is 0 Å². The van der Waals surface area contributed by atoms with Crippen LogP contribution in [0.25, 0.3) is 0 Å². The zero-order valence-corrected chi connectivity index (χ0v) is 17.3. The molecule has 1 aliphatic rings. The van der Waals surface area contributed by atoms with E-state index < -0.39 is 5.54 Å². The van der Waals surface area contributed by atoms with Crippen molar-refractivity contribution in [3.8, 4) is 6.07 Å². The van der Waals surface area contributed by atoms with Crippen LogP contribution in [0.15, 0.2) is 55.1 Å². The van der Waals surface area contributed by atoms with Crippen LogP contribution in [0, 0.1) is 11.3 Å². The third-order valence-electron chi connectivity index (χ3n) is 5.42. The lowest BCUT2D eigenvalue weighted by Gasteiger charge is -2.42. The van der Waals surface area contributed by atoms with Gasteiger partial charge in [0.1, 0.15) is 11.2 Å². The summed E-state index contributed by atoms with van der Waals surface area (Å²) in [6.45, 7) is 0. The Bertz CT molecular complexity index is 1170. The van der Waals surface area contributed by atoms with E-state index in [1.165, 1.54) is 24.7 Å². The quantitative estimate of drug-likeness (QED) is 0.471. The summed E-state index contributed by atoms with van der Waals surface area (Å²) in [6, 6.07) is 10.4. The van der Waals surface area contributed by atoms with Gasteiger partial charge < -0.3 is 5.32 Å². The topological polar surface area (TPSA) is 109 Å². The molecular formula is C23H18ClN5O2. The van der Waals surface area contributed by atoms with Crippen LogP contribution in [0.4, 0.5) is 0 Å². The Hall–Kier alpha value is -3.63. The minimum absolute atomic E-state index is 0.138. The molecule has 154 valence electrons. The fourth-order valence-corrected chi connectivity index (χ4v) is 3.64. The average Bonchev–Trinajstić information content (AvgIpc) is 2.77. The summed E-state index contributed by atoms with van der Waals surface area (Å²) in [6.07, 6.45) is 8.69. The summed E-state index contributed by atoms with van der Waals surface area (Å²) in [5.41, 5.74) is 2.16. The van der Waals surface area contributed by atoms with Gasteiger partial charge in [0.05, 0.1) is 22.4 Å². The fourth-order valence-electron chi connectivity index (χ4n) is 3.53. The first kappa shape index (κ1) is 20.6. The van der Waals surface area contributed by atoms with Crippen molar-refractivity contribution in [1.82, 2.24) is 20.3 Å². The predicted octanol–water partition coefficient (Wildman–Crippen LogP) is 3.63. The van der Waals surface area contributed by atoms with Crippen molar-refractivity contribution in [2.75, 3.05) is 0 Å². The maximum atomic E-state index is 12.7. The highest BCUT2D eigenvalue weighted by atomic mass is 35.5. The molecule has 0 spiro atoms. The second-order valence-corrected chi connectivity index (χ2v) is 7.87. The van der Waals surface area contributed by atoms with Gasteiger partial charge in [-0.3, -0.25) is 19.6 Å². The summed E-state index contributed by atoms with van der Waals surface area (Å²) in [5, 5.41) is 12.4. The van der Waals surface area contributed by atoms with Gasteiger partial charge in [0.15, 0.2) is 5.78 Å². The van der Waals surface area contributed by atoms with Gasteiger partial charge in [-0.25, -0.2) is 4.98 Å². The van der Waals surface area contributed by atoms with Crippen molar-refractivity contribution in [2.45, 2.75) is 31.2 Å². The molecule has 0 saturated heterocycles. The Morgan fingerprint density at radius 3 is 2.52 bits per heavy atom. The predicted molar refractivity (Wildman–Crippen MR) is 113 cm³/mol. The van der Waals surface area contributed by atoms with Gasteiger partial charge in [0, 0.05) is 36.8 Å². The normalized spacial score (nSPS) is 14.2. The van der Waals surface area contributed by atoms with Gasteiger partial charge in [0.25, 0.3) is 5.91 Å². The van der Waals surface area contributed by atoms with E-state index in [1.807, 2.05) is 18.2 Å². The maximum Gasteiger partial charge on any atom is 0.253 e. The molecule has 0 radical (unpaired) electrons. The van der Waals surface area contributed by atoms with Crippen LogP contribution in [0.1, 0.15) is 56.8 Å². The zero-order valence-electron chi connectivity index (χ0n) is 16.5. The molecule has 4 rings (SSSR count). The Labute approximate surface area is 184 Å². The zero-order chi connectivity index (χ0) is 21.8. The highest BCUT2D eigenvalue weighted by molar-refractivity contribution is 6.29. The molecule has 1 aliphatic carbocycles. The molecule has 1 fully saturated rings. The second kappa shape index (κ2) is 8.62. The Kier molecular flexibility index (Phi) is 5.74. The molecule has 1 N–H and O–H groups in total. The second-order valence-electron chi connectivity index (χ2n) is 7.49. The van der Waals surface area contributed by atoms with Crippen molar-refractivity contribution in [2.24, 2.45) is 0 Å². The number of hydrogen-bond donors (Lipinski definition) is 1. The lowest BCUT2D eigenvalue weighted by atomic mass is 9.73. The van der Waals surface area contributed by atoms with Crippen LogP contribution in [0.3, 0.4) is 0 Å². The summed E-state index contributed by atoms with van der Waals surface area (Å²) >= 11 is 5.79. The first-order valence-corrected chi connectivity index (χ1v) is 10.1. The summed E-state index contributed by atoms with van der Waals surface area (Å²) in [4.78, 5) is 37.6. The van der Waals surface area contributed by atoms with Gasteiger partial charge in [-0.1, -0.05) is 17.7 Å². The SMILES string of the molecule is N#Cc1cncc(C(=O)Cc2ccc(C3(NC(=O)c4ccc(Cl)nc4)CCC3)nc2)c1. The third kappa shape index (κ3) is 4.44. The van der Waals surface area contributed by atoms with Crippen molar-refractivity contribution < 1.29 is 9.59 Å². The maximum absolute atomic E-state index is 12.7. The lowest BCUT2D eigenvalue weighted by molar-refractivity contribution is 0.0816. The minimum Gasteiger partial charge on any atom is -0.341 e. The molecule has 0 atom stereocenters. The molecule has 3 aromatic heterocycles. The largest absolute Gasteiger partial charge is 0.341 e. The number of nitrogens with one attached hydrogen (secondary N) is 1. The third-order valence-corrected chi connectivity index (χ3v) is 5.64. The van der Waals surface area contributed by atoms with E-state index in [0.717, 1.165) is 30.5 Å². The standard InChI is InChI=1S/C23H18ClN5O2/c24-21-5-3-17(14-28-21)22(31)29-23(6-1-7-23)20-4-2-15(12-27-20)9-19(30)18-8-16(10-25)11-26-13-18/h2-5,8,11-14H,1,6-7,9H2,(H,29,31). The highest BCUT2D eigenvalue weighted by Gasteiger charge is 2.41. The summed E-state index contributed by atoms with van der Waals surface area (Å²) in [5.74, 6) is -0.365. The number of carbonyl (C=O) groups excluding carboxylic acids is 2. The number of nitriles is 1. The molecule has 0 bridgehead atoms. The van der Waals surface area contributed by atoms with E-state index in [2.05, 4.69) is 20.3 Å². The van der Waals surface area contributed by atoms with Crippen LogP contribution in [-0.4, -0.2) is 26.6 Å². The van der Waals surface area contributed by atoms with Crippen LogP contribution in [0.5, 0.6) is 0 Å². The summed E-state index contributed by atoms with van der Waals surface area (Å²) in [7, 11) is 0. The number of rotatable bonds is 6. The average molecular weight is 432 g/mol. The Morgan fingerprint density at radius 1 is 1.06 bits per heavy atom. The van der Waals surface area contributed by atoms with Gasteiger partial charge in [-0.15, -0.1) is 0 Å². The molecule has 31 heavy (non-hydrogen) atoms. The van der Waals surface area contributed by atoms with Crippen molar-refractivity contribution in [1.29, 1.82) is 5.26 Å². The van der Waals surface area contributed by atoms with Crippen LogP contribution in [-0.2, 0) is 12.0 Å². The van der Waals surface area contributed by atoms with Gasteiger partial charge in [0.2, 0.25) is 0 Å². The molecule has 0 aromatic carbocycles. The fraction of sp³-hybridized carbons (Fsp3) is 0.217. The molecule has 1 amide bonds. The number of Topliss-reactive ketones (excluding diaryl/α,β-unsaturated/α-hetero) is 1. The minimum atomic E-state index is -0.524. The molecule has 1 saturated carbocycles. The van der Waals surface area contributed by atoms with E-state index in [9.17, 15) is 9.59 Å². The van der Waals surface area contributed by atoms with E-state index in [0.29, 0.717) is 21.8 Å². The highest BCUT2D eigenvalue weighted by Crippen LogP contribution is 2.40. The number of amides is 1. The molecule has 7 nitrogen and oxygen atoms in total. The molecule has 0 aliphatic heterocycles. The van der Waals surface area contributed by atoms with Crippen LogP contribution in [0.2, 0.25) is 5.15 Å². The number of pyridine rings is 3. The lowest BCUT2D eigenvalue weighted by Crippen LogP contribution is -2.51. The molecule has 0 unspecified atom stereocenters. The van der Waals surface area contributed by atoms with Crippen molar-refractivity contribution in [3.63, 3.8) is 0 Å². The summed E-state index contributed by atoms with van der Waals surface area (Å²) < 4.78 is 0. The van der Waals surface area contributed by atoms with E-state index >= 15 is 0 Å². The van der Waals surface area contributed by atoms with Crippen molar-refractivity contribution in [3.05, 3.63) is 88.2 Å². The number of halogens is 1.